The van der Waals surface area contributed by atoms with Crippen molar-refractivity contribution >= 4 is 0 Å². The molecular formula is C38H84O10. The normalized spacial score (nSPS) is 12.0. The van der Waals surface area contributed by atoms with Gasteiger partial charge in [0.15, 0.2) is 0 Å². The Labute approximate surface area is 298 Å². The second kappa shape index (κ2) is 36.4. The Balaban J connectivity index is -0.000000271. The van der Waals surface area contributed by atoms with Crippen molar-refractivity contribution in [1.29, 1.82) is 0 Å². The summed E-state index contributed by atoms with van der Waals surface area (Å²) < 4.78 is 53.2. The van der Waals surface area contributed by atoms with E-state index in [9.17, 15) is 0 Å². The average Bonchev–Trinajstić information content (AvgIpc) is 2.95. The molecule has 0 saturated carbocycles. The fourth-order valence-corrected chi connectivity index (χ4v) is 2.85. The van der Waals surface area contributed by atoms with E-state index in [4.69, 9.17) is 47.4 Å². The summed E-state index contributed by atoms with van der Waals surface area (Å²) in [7, 11) is 0. The molecule has 0 saturated heterocycles. The molecule has 0 fully saturated rings. The molecule has 296 valence electrons. The highest BCUT2D eigenvalue weighted by Crippen LogP contribution is 2.07. The predicted octanol–water partition coefficient (Wildman–Crippen LogP) is 8.17. The number of rotatable bonds is 24. The molecule has 0 aromatic heterocycles. The van der Waals surface area contributed by atoms with Crippen LogP contribution in [0.2, 0.25) is 0 Å². The summed E-state index contributed by atoms with van der Waals surface area (Å²) in [5.74, 6) is 0. The van der Waals surface area contributed by atoms with Gasteiger partial charge in [0.05, 0.1) is 102 Å². The molecule has 0 aliphatic rings. The van der Waals surface area contributed by atoms with Gasteiger partial charge in [-0.2, -0.15) is 0 Å². The van der Waals surface area contributed by atoms with Crippen molar-refractivity contribution in [3.8, 4) is 0 Å². The molecule has 0 aromatic rings. The third kappa shape index (κ3) is 71.6. The molecule has 0 rings (SSSR count). The van der Waals surface area contributed by atoms with Gasteiger partial charge < -0.3 is 47.4 Å². The molecule has 10 nitrogen and oxygen atoms in total. The lowest BCUT2D eigenvalue weighted by atomic mass is 10.2. The standard InChI is InChI=1S/C11H24O3.C10H22O3.C9H20O2.C8H18O2/c1-5-6-12-7-8-13-9-10-14-11(2,3)4;1-5-11-6-7-12-8-9-13-10(2,3)4;1-5-6-10-7-8-11-9(2,3)4;1-5-9-6-7-10-8(2,3)4/h5-10H2,1-4H3;5-9H2,1-4H3;5-8H2,1-4H3;5-7H2,1-4H3. The molecular weight excluding hydrogens is 616 g/mol. The first-order valence-electron chi connectivity index (χ1n) is 18.3. The molecule has 0 aromatic carbocycles. The van der Waals surface area contributed by atoms with Crippen LogP contribution in [0.1, 0.15) is 124 Å². The summed E-state index contributed by atoms with van der Waals surface area (Å²) in [6.45, 7) is 43.9. The molecule has 0 unspecified atom stereocenters. The smallest absolute Gasteiger partial charge is 0.0707 e. The third-order valence-corrected chi connectivity index (χ3v) is 4.90. The Morgan fingerprint density at radius 1 is 0.250 bits per heavy atom. The lowest BCUT2D eigenvalue weighted by Gasteiger charge is -2.19. The molecule has 0 amide bonds. The second-order valence-corrected chi connectivity index (χ2v) is 14.7. The minimum absolute atomic E-state index is 0.0307. The molecule has 10 heteroatoms. The molecule has 0 heterocycles. The summed E-state index contributed by atoms with van der Waals surface area (Å²) in [6, 6.07) is 0. The van der Waals surface area contributed by atoms with Crippen LogP contribution < -0.4 is 0 Å². The quantitative estimate of drug-likeness (QED) is 0.0919. The van der Waals surface area contributed by atoms with Crippen LogP contribution in [-0.4, -0.2) is 128 Å². The number of hydrogen-bond donors (Lipinski definition) is 0. The van der Waals surface area contributed by atoms with E-state index >= 15 is 0 Å². The van der Waals surface area contributed by atoms with Gasteiger partial charge in [0, 0.05) is 26.4 Å². The zero-order valence-corrected chi connectivity index (χ0v) is 34.8. The van der Waals surface area contributed by atoms with Crippen LogP contribution in [0.5, 0.6) is 0 Å². The summed E-state index contributed by atoms with van der Waals surface area (Å²) in [4.78, 5) is 0. The average molecular weight is 701 g/mol. The molecule has 0 bridgehead atoms. The van der Waals surface area contributed by atoms with Gasteiger partial charge in [-0.3, -0.25) is 0 Å². The fourth-order valence-electron chi connectivity index (χ4n) is 2.85. The third-order valence-electron chi connectivity index (χ3n) is 4.90. The predicted molar refractivity (Wildman–Crippen MR) is 200 cm³/mol. The maximum Gasteiger partial charge on any atom is 0.0707 e. The largest absolute Gasteiger partial charge is 0.379 e. The molecule has 0 aliphatic heterocycles. The lowest BCUT2D eigenvalue weighted by molar-refractivity contribution is -0.0424. The monoisotopic (exact) mass is 701 g/mol. The summed E-state index contributed by atoms with van der Waals surface area (Å²) in [5, 5.41) is 0. The molecule has 0 radical (unpaired) electrons. The van der Waals surface area contributed by atoms with Gasteiger partial charge in [-0.25, -0.2) is 0 Å². The van der Waals surface area contributed by atoms with Crippen LogP contribution in [0.3, 0.4) is 0 Å². The van der Waals surface area contributed by atoms with Crippen LogP contribution >= 0.6 is 0 Å². The van der Waals surface area contributed by atoms with Gasteiger partial charge in [0.2, 0.25) is 0 Å². The number of hydrogen-bond acceptors (Lipinski definition) is 10. The Hall–Kier alpha value is -0.400. The van der Waals surface area contributed by atoms with Crippen molar-refractivity contribution in [3.05, 3.63) is 0 Å². The molecule has 0 N–H and O–H groups in total. The molecule has 0 aliphatic carbocycles. The van der Waals surface area contributed by atoms with E-state index < -0.39 is 0 Å². The first kappa shape index (κ1) is 54.4. The van der Waals surface area contributed by atoms with Crippen LogP contribution in [0.15, 0.2) is 0 Å². The number of ether oxygens (including phenoxy) is 10. The van der Waals surface area contributed by atoms with Crippen molar-refractivity contribution in [2.24, 2.45) is 0 Å². The summed E-state index contributed by atoms with van der Waals surface area (Å²) >= 11 is 0. The van der Waals surface area contributed by atoms with Crippen LogP contribution in [0, 0.1) is 0 Å². The van der Waals surface area contributed by atoms with Crippen molar-refractivity contribution in [1.82, 2.24) is 0 Å². The second-order valence-electron chi connectivity index (χ2n) is 14.7. The topological polar surface area (TPSA) is 92.3 Å². The van der Waals surface area contributed by atoms with E-state index in [0.29, 0.717) is 79.3 Å². The Morgan fingerprint density at radius 3 is 0.646 bits per heavy atom. The molecule has 48 heavy (non-hydrogen) atoms. The van der Waals surface area contributed by atoms with Gasteiger partial charge >= 0.3 is 0 Å². The first-order chi connectivity index (χ1) is 22.2. The SMILES string of the molecule is CCCOCCOC(C)(C)C.CCCOCCOCCOC(C)(C)C.CCOCCOC(C)(C)C.CCOCCOCCOC(C)(C)C. The van der Waals surface area contributed by atoms with Gasteiger partial charge in [-0.05, 0) is 110 Å². The van der Waals surface area contributed by atoms with Crippen LogP contribution in [0.4, 0.5) is 0 Å². The van der Waals surface area contributed by atoms with E-state index in [2.05, 4.69) is 13.8 Å². The van der Waals surface area contributed by atoms with Gasteiger partial charge in [0.1, 0.15) is 0 Å². The van der Waals surface area contributed by atoms with Crippen LogP contribution in [0.25, 0.3) is 0 Å². The van der Waals surface area contributed by atoms with Crippen molar-refractivity contribution < 1.29 is 47.4 Å². The minimum atomic E-state index is -0.0674. The van der Waals surface area contributed by atoms with E-state index in [1.54, 1.807) is 0 Å². The molecule has 0 atom stereocenters. The highest BCUT2D eigenvalue weighted by atomic mass is 16.6. The Bertz CT molecular complexity index is 590. The van der Waals surface area contributed by atoms with Crippen molar-refractivity contribution in [2.45, 2.75) is 146 Å². The van der Waals surface area contributed by atoms with Gasteiger partial charge in [-0.15, -0.1) is 0 Å². The van der Waals surface area contributed by atoms with Crippen LogP contribution in [-0.2, 0) is 47.4 Å². The lowest BCUT2D eigenvalue weighted by Crippen LogP contribution is -2.22. The first-order valence-corrected chi connectivity index (χ1v) is 18.3. The highest BCUT2D eigenvalue weighted by molar-refractivity contribution is 4.59. The minimum Gasteiger partial charge on any atom is -0.379 e. The van der Waals surface area contributed by atoms with Gasteiger partial charge in [-0.1, -0.05) is 13.8 Å². The summed E-state index contributed by atoms with van der Waals surface area (Å²) in [6.07, 6.45) is 2.14. The molecule has 0 spiro atoms. The summed E-state index contributed by atoms with van der Waals surface area (Å²) in [5.41, 5.74) is -0.196. The zero-order valence-electron chi connectivity index (χ0n) is 34.8. The van der Waals surface area contributed by atoms with Crippen molar-refractivity contribution in [3.63, 3.8) is 0 Å². The fraction of sp³-hybridized carbons (Fsp3) is 1.00. The zero-order chi connectivity index (χ0) is 37.8. The van der Waals surface area contributed by atoms with E-state index in [1.807, 2.05) is 96.9 Å². The van der Waals surface area contributed by atoms with Gasteiger partial charge in [0.25, 0.3) is 0 Å². The van der Waals surface area contributed by atoms with E-state index in [1.165, 1.54) is 0 Å². The Morgan fingerprint density at radius 2 is 0.438 bits per heavy atom. The maximum absolute atomic E-state index is 5.49. The Kier molecular flexibility index (Phi) is 41.2. The highest BCUT2D eigenvalue weighted by Gasteiger charge is 2.10. The maximum atomic E-state index is 5.49. The van der Waals surface area contributed by atoms with E-state index in [-0.39, 0.29) is 22.4 Å². The van der Waals surface area contributed by atoms with Crippen molar-refractivity contribution in [2.75, 3.05) is 106 Å². The van der Waals surface area contributed by atoms with E-state index in [0.717, 1.165) is 39.3 Å².